The fraction of sp³-hybridized carbons (Fsp3) is 0.308. The number of benzene rings is 1. The molecule has 0 bridgehead atoms. The van der Waals surface area contributed by atoms with E-state index in [4.69, 9.17) is 0 Å². The van der Waals surface area contributed by atoms with Gasteiger partial charge in [0, 0.05) is 18.8 Å². The SMILES string of the molecule is Fc1ccc(-n2cc(I)cn2)c(CNC2CC2)c1. The van der Waals surface area contributed by atoms with Gasteiger partial charge in [0.15, 0.2) is 0 Å². The molecule has 0 spiro atoms. The van der Waals surface area contributed by atoms with Gasteiger partial charge in [-0.05, 0) is 59.2 Å². The molecule has 0 aliphatic heterocycles. The maximum absolute atomic E-state index is 13.3. The van der Waals surface area contributed by atoms with Gasteiger partial charge in [-0.15, -0.1) is 0 Å². The van der Waals surface area contributed by atoms with Gasteiger partial charge in [-0.2, -0.15) is 5.10 Å². The van der Waals surface area contributed by atoms with Crippen molar-refractivity contribution >= 4 is 22.6 Å². The molecule has 5 heteroatoms. The van der Waals surface area contributed by atoms with E-state index in [-0.39, 0.29) is 5.82 Å². The van der Waals surface area contributed by atoms with Crippen LogP contribution >= 0.6 is 22.6 Å². The molecule has 0 amide bonds. The largest absolute Gasteiger partial charge is 0.310 e. The van der Waals surface area contributed by atoms with E-state index >= 15 is 0 Å². The summed E-state index contributed by atoms with van der Waals surface area (Å²) in [6.45, 7) is 0.689. The molecule has 3 nitrogen and oxygen atoms in total. The fourth-order valence-electron chi connectivity index (χ4n) is 1.89. The number of rotatable bonds is 4. The topological polar surface area (TPSA) is 29.9 Å². The first kappa shape index (κ1) is 12.1. The van der Waals surface area contributed by atoms with Gasteiger partial charge in [-0.1, -0.05) is 0 Å². The molecule has 18 heavy (non-hydrogen) atoms. The zero-order chi connectivity index (χ0) is 12.5. The minimum atomic E-state index is -0.201. The summed E-state index contributed by atoms with van der Waals surface area (Å²) >= 11 is 2.21. The van der Waals surface area contributed by atoms with Crippen molar-refractivity contribution in [3.8, 4) is 5.69 Å². The highest BCUT2D eigenvalue weighted by atomic mass is 127. The van der Waals surface area contributed by atoms with Crippen LogP contribution in [0.3, 0.4) is 0 Å². The van der Waals surface area contributed by atoms with Gasteiger partial charge >= 0.3 is 0 Å². The molecule has 1 heterocycles. The van der Waals surface area contributed by atoms with Gasteiger partial charge in [0.2, 0.25) is 0 Å². The Balaban J connectivity index is 1.91. The molecule has 1 aliphatic rings. The summed E-state index contributed by atoms with van der Waals surface area (Å²) in [4.78, 5) is 0. The molecular weight excluding hydrogens is 344 g/mol. The highest BCUT2D eigenvalue weighted by Gasteiger charge is 2.20. The molecule has 3 rings (SSSR count). The summed E-state index contributed by atoms with van der Waals surface area (Å²) in [5.74, 6) is -0.201. The van der Waals surface area contributed by atoms with Crippen LogP contribution in [0.2, 0.25) is 0 Å². The smallest absolute Gasteiger partial charge is 0.123 e. The summed E-state index contributed by atoms with van der Waals surface area (Å²) in [5.41, 5.74) is 1.88. The van der Waals surface area contributed by atoms with Gasteiger partial charge in [0.1, 0.15) is 5.82 Å². The molecule has 0 radical (unpaired) electrons. The van der Waals surface area contributed by atoms with Crippen LogP contribution in [0.1, 0.15) is 18.4 Å². The number of nitrogens with one attached hydrogen (secondary N) is 1. The maximum atomic E-state index is 13.3. The number of nitrogens with zero attached hydrogens (tertiary/aromatic N) is 2. The summed E-state index contributed by atoms with van der Waals surface area (Å²) in [5, 5.41) is 7.69. The van der Waals surface area contributed by atoms with Crippen LogP contribution in [-0.2, 0) is 6.54 Å². The molecule has 2 aromatic rings. The maximum Gasteiger partial charge on any atom is 0.123 e. The number of halogens is 2. The number of hydrogen-bond donors (Lipinski definition) is 1. The van der Waals surface area contributed by atoms with E-state index in [9.17, 15) is 4.39 Å². The molecule has 1 aromatic carbocycles. The summed E-state index contributed by atoms with van der Waals surface area (Å²) in [6.07, 6.45) is 6.19. The van der Waals surface area contributed by atoms with Crippen molar-refractivity contribution in [1.82, 2.24) is 15.1 Å². The van der Waals surface area contributed by atoms with Crippen molar-refractivity contribution in [2.24, 2.45) is 0 Å². The number of aromatic nitrogens is 2. The minimum absolute atomic E-state index is 0.201. The van der Waals surface area contributed by atoms with Crippen LogP contribution < -0.4 is 5.32 Å². The Hall–Kier alpha value is -0.950. The fourth-order valence-corrected chi connectivity index (χ4v) is 2.28. The van der Waals surface area contributed by atoms with Crippen molar-refractivity contribution in [3.05, 3.63) is 45.5 Å². The highest BCUT2D eigenvalue weighted by molar-refractivity contribution is 14.1. The molecule has 1 aromatic heterocycles. The Labute approximate surface area is 119 Å². The van der Waals surface area contributed by atoms with Crippen molar-refractivity contribution in [2.45, 2.75) is 25.4 Å². The molecule has 1 fully saturated rings. The van der Waals surface area contributed by atoms with Crippen LogP contribution in [0.4, 0.5) is 4.39 Å². The predicted octanol–water partition coefficient (Wildman–Crippen LogP) is 2.87. The van der Waals surface area contributed by atoms with E-state index in [0.717, 1.165) is 14.8 Å². The third-order valence-corrected chi connectivity index (χ3v) is 3.56. The molecule has 1 aliphatic carbocycles. The summed E-state index contributed by atoms with van der Waals surface area (Å²) in [6, 6.07) is 5.45. The summed E-state index contributed by atoms with van der Waals surface area (Å²) < 4.78 is 16.2. The van der Waals surface area contributed by atoms with E-state index in [1.807, 2.05) is 6.20 Å². The lowest BCUT2D eigenvalue weighted by molar-refractivity contribution is 0.617. The Morgan fingerprint density at radius 1 is 1.44 bits per heavy atom. The second-order valence-corrected chi connectivity index (χ2v) is 5.78. The second kappa shape index (κ2) is 4.97. The second-order valence-electron chi connectivity index (χ2n) is 4.53. The van der Waals surface area contributed by atoms with Crippen LogP contribution in [-0.4, -0.2) is 15.8 Å². The van der Waals surface area contributed by atoms with Crippen molar-refractivity contribution < 1.29 is 4.39 Å². The van der Waals surface area contributed by atoms with Crippen LogP contribution in [0, 0.1) is 9.39 Å². The lowest BCUT2D eigenvalue weighted by atomic mass is 10.1. The molecule has 0 saturated heterocycles. The van der Waals surface area contributed by atoms with E-state index < -0.39 is 0 Å². The standard InChI is InChI=1S/C13H13FIN3/c14-10-1-4-13(18-8-11(15)7-17-18)9(5-10)6-16-12-2-3-12/h1,4-5,7-8,12,16H,2-3,6H2. The van der Waals surface area contributed by atoms with Crippen molar-refractivity contribution in [2.75, 3.05) is 0 Å². The average Bonchev–Trinajstić information content (AvgIpc) is 3.08. The summed E-state index contributed by atoms with van der Waals surface area (Å²) in [7, 11) is 0. The molecule has 94 valence electrons. The van der Waals surface area contributed by atoms with E-state index in [2.05, 4.69) is 33.0 Å². The van der Waals surface area contributed by atoms with Crippen molar-refractivity contribution in [1.29, 1.82) is 0 Å². The first-order chi connectivity index (χ1) is 8.72. The highest BCUT2D eigenvalue weighted by Crippen LogP contribution is 2.21. The van der Waals surface area contributed by atoms with Gasteiger partial charge in [-0.3, -0.25) is 0 Å². The lowest BCUT2D eigenvalue weighted by Gasteiger charge is -2.10. The predicted molar refractivity (Wildman–Crippen MR) is 76.1 cm³/mol. The number of hydrogen-bond acceptors (Lipinski definition) is 2. The van der Waals surface area contributed by atoms with Gasteiger partial charge in [0.25, 0.3) is 0 Å². The van der Waals surface area contributed by atoms with Crippen LogP contribution in [0.25, 0.3) is 5.69 Å². The van der Waals surface area contributed by atoms with Crippen molar-refractivity contribution in [3.63, 3.8) is 0 Å². The van der Waals surface area contributed by atoms with E-state index in [1.165, 1.54) is 18.9 Å². The van der Waals surface area contributed by atoms with Crippen LogP contribution in [0.15, 0.2) is 30.6 Å². The molecule has 1 N–H and O–H groups in total. The minimum Gasteiger partial charge on any atom is -0.310 e. The average molecular weight is 357 g/mol. The molecule has 0 atom stereocenters. The third-order valence-electron chi connectivity index (χ3n) is 3.00. The first-order valence-electron chi connectivity index (χ1n) is 5.95. The molecule has 0 unspecified atom stereocenters. The lowest BCUT2D eigenvalue weighted by Crippen LogP contribution is -2.17. The van der Waals surface area contributed by atoms with Gasteiger partial charge in [0.05, 0.1) is 15.5 Å². The monoisotopic (exact) mass is 357 g/mol. The van der Waals surface area contributed by atoms with Gasteiger partial charge < -0.3 is 5.32 Å². The quantitative estimate of drug-likeness (QED) is 0.853. The zero-order valence-electron chi connectivity index (χ0n) is 9.74. The van der Waals surface area contributed by atoms with E-state index in [1.54, 1.807) is 23.0 Å². The Morgan fingerprint density at radius 3 is 2.94 bits per heavy atom. The Morgan fingerprint density at radius 2 is 2.28 bits per heavy atom. The normalized spacial score (nSPS) is 15.0. The third kappa shape index (κ3) is 2.72. The Bertz CT molecular complexity index is 563. The first-order valence-corrected chi connectivity index (χ1v) is 7.02. The van der Waals surface area contributed by atoms with Gasteiger partial charge in [-0.25, -0.2) is 9.07 Å². The molecular formula is C13H13FIN3. The van der Waals surface area contributed by atoms with E-state index in [0.29, 0.717) is 12.6 Å². The van der Waals surface area contributed by atoms with Crippen LogP contribution in [0.5, 0.6) is 0 Å². The zero-order valence-corrected chi connectivity index (χ0v) is 11.9. The molecule has 1 saturated carbocycles. The Kier molecular flexibility index (Phi) is 3.34.